The highest BCUT2D eigenvalue weighted by molar-refractivity contribution is 6.32. The van der Waals surface area contributed by atoms with Crippen molar-refractivity contribution in [3.63, 3.8) is 0 Å². The molecule has 1 atom stereocenters. The van der Waals surface area contributed by atoms with Crippen molar-refractivity contribution in [2.75, 3.05) is 11.9 Å². The number of nitrogens with one attached hydrogen (secondary N) is 1. The minimum absolute atomic E-state index is 0.0747. The zero-order chi connectivity index (χ0) is 14.9. The third-order valence-electron chi connectivity index (χ3n) is 3.40. The van der Waals surface area contributed by atoms with Gasteiger partial charge in [-0.2, -0.15) is 5.26 Å². The first-order valence-electron chi connectivity index (χ1n) is 6.58. The van der Waals surface area contributed by atoms with Gasteiger partial charge in [-0.05, 0) is 39.0 Å². The van der Waals surface area contributed by atoms with Crippen LogP contribution in [0.15, 0.2) is 18.2 Å². The molecule has 1 aliphatic rings. The van der Waals surface area contributed by atoms with Crippen molar-refractivity contribution in [2.45, 2.75) is 38.8 Å². The number of anilines is 1. The monoisotopic (exact) mass is 291 g/mol. The molecule has 0 aliphatic carbocycles. The van der Waals surface area contributed by atoms with E-state index in [0.717, 1.165) is 5.69 Å². The van der Waals surface area contributed by atoms with Crippen molar-refractivity contribution >= 4 is 23.2 Å². The average molecular weight is 292 g/mol. The van der Waals surface area contributed by atoms with Crippen LogP contribution in [0.25, 0.3) is 0 Å². The SMILES string of the molecule is CC(C)(C)N1CC(Nc2ccc(C#N)c(Cl)c2)CC1=O. The summed E-state index contributed by atoms with van der Waals surface area (Å²) in [7, 11) is 0. The van der Waals surface area contributed by atoms with Crippen molar-refractivity contribution in [3.8, 4) is 6.07 Å². The van der Waals surface area contributed by atoms with Gasteiger partial charge in [-0.15, -0.1) is 0 Å². The molecule has 1 N–H and O–H groups in total. The van der Waals surface area contributed by atoms with E-state index in [1.807, 2.05) is 37.8 Å². The zero-order valence-corrected chi connectivity index (χ0v) is 12.7. The Morgan fingerprint density at radius 2 is 2.15 bits per heavy atom. The van der Waals surface area contributed by atoms with Gasteiger partial charge in [-0.1, -0.05) is 11.6 Å². The van der Waals surface area contributed by atoms with Crippen LogP contribution in [0.2, 0.25) is 5.02 Å². The fraction of sp³-hybridized carbons (Fsp3) is 0.467. The minimum atomic E-state index is -0.157. The van der Waals surface area contributed by atoms with Crippen LogP contribution < -0.4 is 5.32 Å². The first kappa shape index (κ1) is 14.7. The summed E-state index contributed by atoms with van der Waals surface area (Å²) < 4.78 is 0. The number of halogens is 1. The second-order valence-corrected chi connectivity index (χ2v) is 6.43. The number of carbonyl (C=O) groups excluding carboxylic acids is 1. The molecule has 0 radical (unpaired) electrons. The Kier molecular flexibility index (Phi) is 3.92. The Morgan fingerprint density at radius 1 is 1.45 bits per heavy atom. The van der Waals surface area contributed by atoms with Gasteiger partial charge in [0.05, 0.1) is 16.6 Å². The van der Waals surface area contributed by atoms with E-state index in [9.17, 15) is 4.79 Å². The minimum Gasteiger partial charge on any atom is -0.380 e. The summed E-state index contributed by atoms with van der Waals surface area (Å²) in [5.41, 5.74) is 1.13. The van der Waals surface area contributed by atoms with Gasteiger partial charge in [0.15, 0.2) is 0 Å². The van der Waals surface area contributed by atoms with Gasteiger partial charge in [-0.3, -0.25) is 4.79 Å². The summed E-state index contributed by atoms with van der Waals surface area (Å²) in [6, 6.07) is 7.33. The van der Waals surface area contributed by atoms with Gasteiger partial charge in [0, 0.05) is 24.2 Å². The predicted octanol–water partition coefficient (Wildman–Crippen LogP) is 3.02. The molecule has 1 amide bonds. The molecule has 1 saturated heterocycles. The van der Waals surface area contributed by atoms with Crippen molar-refractivity contribution in [1.29, 1.82) is 5.26 Å². The van der Waals surface area contributed by atoms with Crippen LogP contribution in [-0.4, -0.2) is 28.9 Å². The Labute approximate surface area is 124 Å². The number of carbonyl (C=O) groups is 1. The van der Waals surface area contributed by atoms with Crippen LogP contribution in [0.4, 0.5) is 5.69 Å². The number of hydrogen-bond donors (Lipinski definition) is 1. The van der Waals surface area contributed by atoms with Gasteiger partial charge < -0.3 is 10.2 Å². The molecule has 1 aromatic carbocycles. The van der Waals surface area contributed by atoms with Crippen molar-refractivity contribution in [3.05, 3.63) is 28.8 Å². The number of amides is 1. The maximum atomic E-state index is 12.0. The van der Waals surface area contributed by atoms with Crippen LogP contribution in [-0.2, 0) is 4.79 Å². The molecule has 1 unspecified atom stereocenters. The lowest BCUT2D eigenvalue weighted by Gasteiger charge is -2.32. The molecule has 1 fully saturated rings. The summed E-state index contributed by atoms with van der Waals surface area (Å²) >= 11 is 6.01. The van der Waals surface area contributed by atoms with E-state index in [4.69, 9.17) is 16.9 Å². The van der Waals surface area contributed by atoms with Gasteiger partial charge in [0.1, 0.15) is 6.07 Å². The van der Waals surface area contributed by atoms with Gasteiger partial charge >= 0.3 is 0 Å². The van der Waals surface area contributed by atoms with Crippen LogP contribution in [0.1, 0.15) is 32.8 Å². The maximum Gasteiger partial charge on any atom is 0.225 e. The zero-order valence-electron chi connectivity index (χ0n) is 11.9. The number of nitriles is 1. The lowest BCUT2D eigenvalue weighted by atomic mass is 10.1. The predicted molar refractivity (Wildman–Crippen MR) is 79.7 cm³/mol. The van der Waals surface area contributed by atoms with Gasteiger partial charge in [0.25, 0.3) is 0 Å². The Balaban J connectivity index is 2.08. The molecular formula is C15H18ClN3O. The highest BCUT2D eigenvalue weighted by Gasteiger charge is 2.36. The smallest absolute Gasteiger partial charge is 0.225 e. The van der Waals surface area contributed by atoms with Crippen molar-refractivity contribution in [1.82, 2.24) is 4.90 Å². The summed E-state index contributed by atoms with van der Waals surface area (Å²) in [6.07, 6.45) is 0.481. The molecule has 106 valence electrons. The van der Waals surface area contributed by atoms with E-state index in [2.05, 4.69) is 5.32 Å². The molecule has 0 spiro atoms. The molecule has 0 saturated carbocycles. The first-order chi connectivity index (χ1) is 9.31. The quantitative estimate of drug-likeness (QED) is 0.911. The van der Waals surface area contributed by atoms with Gasteiger partial charge in [0.2, 0.25) is 5.91 Å². The van der Waals surface area contributed by atoms with E-state index < -0.39 is 0 Å². The summed E-state index contributed by atoms with van der Waals surface area (Å²) in [6.45, 7) is 6.78. The topological polar surface area (TPSA) is 56.1 Å². The largest absolute Gasteiger partial charge is 0.380 e. The number of benzene rings is 1. The second-order valence-electron chi connectivity index (χ2n) is 6.03. The molecule has 5 heteroatoms. The van der Waals surface area contributed by atoms with E-state index in [1.54, 1.807) is 12.1 Å². The molecular weight excluding hydrogens is 274 g/mol. The van der Waals surface area contributed by atoms with E-state index >= 15 is 0 Å². The number of rotatable bonds is 2. The van der Waals surface area contributed by atoms with Crippen molar-refractivity contribution < 1.29 is 4.79 Å². The standard InChI is InChI=1S/C15H18ClN3O/c1-15(2,3)19-9-12(7-14(19)20)18-11-5-4-10(8-17)13(16)6-11/h4-6,12,18H,7,9H2,1-3H3. The maximum absolute atomic E-state index is 12.0. The molecule has 0 aromatic heterocycles. The Hall–Kier alpha value is -1.73. The number of nitrogens with zero attached hydrogens (tertiary/aromatic N) is 2. The van der Waals surface area contributed by atoms with E-state index in [-0.39, 0.29) is 17.5 Å². The Morgan fingerprint density at radius 3 is 2.65 bits per heavy atom. The first-order valence-corrected chi connectivity index (χ1v) is 6.95. The van der Waals surface area contributed by atoms with Crippen LogP contribution in [0.3, 0.4) is 0 Å². The Bertz CT molecular complexity index is 571. The second kappa shape index (κ2) is 5.34. The van der Waals surface area contributed by atoms with E-state index in [1.165, 1.54) is 0 Å². The summed E-state index contributed by atoms with van der Waals surface area (Å²) in [4.78, 5) is 13.9. The molecule has 1 aliphatic heterocycles. The highest BCUT2D eigenvalue weighted by atomic mass is 35.5. The average Bonchev–Trinajstić information content (AvgIpc) is 2.70. The van der Waals surface area contributed by atoms with Crippen LogP contribution in [0.5, 0.6) is 0 Å². The third kappa shape index (κ3) is 3.05. The lowest BCUT2D eigenvalue weighted by molar-refractivity contribution is -0.131. The lowest BCUT2D eigenvalue weighted by Crippen LogP contribution is -2.43. The number of likely N-dealkylation sites (tertiary alicyclic amines) is 1. The normalized spacial score (nSPS) is 19.1. The summed E-state index contributed by atoms with van der Waals surface area (Å²) in [5.74, 6) is 0.162. The van der Waals surface area contributed by atoms with E-state index in [0.29, 0.717) is 23.6 Å². The molecule has 4 nitrogen and oxygen atoms in total. The van der Waals surface area contributed by atoms with Crippen molar-refractivity contribution in [2.24, 2.45) is 0 Å². The fourth-order valence-electron chi connectivity index (χ4n) is 2.38. The van der Waals surface area contributed by atoms with Gasteiger partial charge in [-0.25, -0.2) is 0 Å². The molecule has 20 heavy (non-hydrogen) atoms. The molecule has 1 heterocycles. The molecule has 2 rings (SSSR count). The van der Waals surface area contributed by atoms with Crippen LogP contribution in [0, 0.1) is 11.3 Å². The summed E-state index contributed by atoms with van der Waals surface area (Å²) in [5, 5.41) is 12.6. The fourth-order valence-corrected chi connectivity index (χ4v) is 2.61. The molecule has 0 bridgehead atoms. The van der Waals surface area contributed by atoms with Crippen LogP contribution >= 0.6 is 11.6 Å². The number of hydrogen-bond acceptors (Lipinski definition) is 3. The third-order valence-corrected chi connectivity index (χ3v) is 3.71. The highest BCUT2D eigenvalue weighted by Crippen LogP contribution is 2.26. The molecule has 1 aromatic rings.